The summed E-state index contributed by atoms with van der Waals surface area (Å²) in [5, 5.41) is 0. The van der Waals surface area contributed by atoms with E-state index in [0.29, 0.717) is 0 Å². The van der Waals surface area contributed by atoms with Crippen molar-refractivity contribution in [2.75, 3.05) is 6.86 Å². The van der Waals surface area contributed by atoms with Gasteiger partial charge in [0.1, 0.15) is 0 Å². The Balaban J connectivity index is 3.27. The maximum Gasteiger partial charge on any atom is 0.703 e. The monoisotopic (exact) mass is 159 g/mol. The molecule has 9 heavy (non-hydrogen) atoms. The SMILES string of the molecule is CC(F)O[P+](=O)OCF. The van der Waals surface area contributed by atoms with Crippen molar-refractivity contribution in [1.29, 1.82) is 0 Å². The largest absolute Gasteiger partial charge is 0.703 e. The van der Waals surface area contributed by atoms with Crippen molar-refractivity contribution in [3.8, 4) is 0 Å². The van der Waals surface area contributed by atoms with E-state index >= 15 is 0 Å². The normalized spacial score (nSPS) is 15.2. The van der Waals surface area contributed by atoms with Crippen LogP contribution < -0.4 is 0 Å². The summed E-state index contributed by atoms with van der Waals surface area (Å²) in [5.41, 5.74) is 0. The summed E-state index contributed by atoms with van der Waals surface area (Å²) in [7, 11) is -2.62. The van der Waals surface area contributed by atoms with Crippen LogP contribution in [-0.2, 0) is 13.6 Å². The average Bonchev–Trinajstić information content (AvgIpc) is 1.63. The predicted octanol–water partition coefficient (Wildman–Crippen LogP) is 1.92. The highest BCUT2D eigenvalue weighted by molar-refractivity contribution is 7.33. The van der Waals surface area contributed by atoms with Crippen LogP contribution in [0.5, 0.6) is 0 Å². The highest BCUT2D eigenvalue weighted by Crippen LogP contribution is 2.25. The van der Waals surface area contributed by atoms with Crippen molar-refractivity contribution >= 4 is 8.25 Å². The van der Waals surface area contributed by atoms with Gasteiger partial charge in [0.2, 0.25) is 6.86 Å². The molecule has 0 N–H and O–H groups in total. The summed E-state index contributed by atoms with van der Waals surface area (Å²) in [6, 6.07) is 0. The number of rotatable bonds is 4. The molecular formula is C3H6F2O3P+. The van der Waals surface area contributed by atoms with Crippen LogP contribution in [0.2, 0.25) is 0 Å². The zero-order valence-electron chi connectivity index (χ0n) is 4.71. The van der Waals surface area contributed by atoms with Crippen LogP contribution in [-0.4, -0.2) is 13.2 Å². The van der Waals surface area contributed by atoms with E-state index in [1.165, 1.54) is 0 Å². The summed E-state index contributed by atoms with van der Waals surface area (Å²) < 4.78 is 40.4. The molecule has 0 radical (unpaired) electrons. The van der Waals surface area contributed by atoms with Gasteiger partial charge < -0.3 is 0 Å². The second kappa shape index (κ2) is 4.73. The molecule has 3 nitrogen and oxygen atoms in total. The first-order valence-corrected chi connectivity index (χ1v) is 3.23. The molecule has 0 aliphatic heterocycles. The first-order valence-electron chi connectivity index (χ1n) is 2.13. The third-order valence-electron chi connectivity index (χ3n) is 0.386. The molecule has 6 heteroatoms. The Labute approximate surface area is 51.9 Å². The highest BCUT2D eigenvalue weighted by atomic mass is 31.1. The van der Waals surface area contributed by atoms with Crippen LogP contribution in [0.4, 0.5) is 8.78 Å². The van der Waals surface area contributed by atoms with Gasteiger partial charge in [-0.05, 0) is 6.92 Å². The second-order valence-electron chi connectivity index (χ2n) is 1.11. The minimum Gasteiger partial charge on any atom is -0.214 e. The first-order chi connectivity index (χ1) is 4.16. The summed E-state index contributed by atoms with van der Waals surface area (Å²) in [5.74, 6) is 0. The van der Waals surface area contributed by atoms with Crippen molar-refractivity contribution in [1.82, 2.24) is 0 Å². The van der Waals surface area contributed by atoms with Crippen LogP contribution >= 0.6 is 8.25 Å². The van der Waals surface area contributed by atoms with Crippen LogP contribution in [0.15, 0.2) is 0 Å². The fourth-order valence-electron chi connectivity index (χ4n) is 0.189. The molecule has 0 fully saturated rings. The molecule has 0 spiro atoms. The zero-order valence-corrected chi connectivity index (χ0v) is 5.61. The van der Waals surface area contributed by atoms with E-state index in [2.05, 4.69) is 9.05 Å². The molecule has 0 saturated heterocycles. The maximum atomic E-state index is 11.7. The van der Waals surface area contributed by atoms with E-state index in [-0.39, 0.29) is 0 Å². The van der Waals surface area contributed by atoms with E-state index in [1.807, 2.05) is 0 Å². The predicted molar refractivity (Wildman–Crippen MR) is 26.3 cm³/mol. The quantitative estimate of drug-likeness (QED) is 0.587. The smallest absolute Gasteiger partial charge is 0.214 e. The summed E-state index contributed by atoms with van der Waals surface area (Å²) in [4.78, 5) is 0. The topological polar surface area (TPSA) is 35.5 Å². The molecule has 2 unspecified atom stereocenters. The Bertz CT molecular complexity index is 97.1. The Morgan fingerprint density at radius 1 is 1.78 bits per heavy atom. The molecule has 0 aromatic carbocycles. The number of halogens is 2. The van der Waals surface area contributed by atoms with E-state index in [9.17, 15) is 13.3 Å². The van der Waals surface area contributed by atoms with Gasteiger partial charge >= 0.3 is 8.25 Å². The Morgan fingerprint density at radius 2 is 2.33 bits per heavy atom. The van der Waals surface area contributed by atoms with Gasteiger partial charge in [0.15, 0.2) is 0 Å². The molecule has 0 aliphatic rings. The minimum absolute atomic E-state index is 1.02. The van der Waals surface area contributed by atoms with E-state index in [4.69, 9.17) is 0 Å². The Morgan fingerprint density at radius 3 is 2.67 bits per heavy atom. The summed E-state index contributed by atoms with van der Waals surface area (Å²) >= 11 is 0. The molecule has 0 heterocycles. The number of hydrogen-bond acceptors (Lipinski definition) is 3. The van der Waals surface area contributed by atoms with Gasteiger partial charge in [-0.15, -0.1) is 0 Å². The van der Waals surface area contributed by atoms with Crippen molar-refractivity contribution in [2.24, 2.45) is 0 Å². The molecule has 0 rings (SSSR count). The lowest BCUT2D eigenvalue weighted by atomic mass is 10.8. The third-order valence-corrected chi connectivity index (χ3v) is 1.16. The van der Waals surface area contributed by atoms with Crippen LogP contribution in [0, 0.1) is 0 Å². The fourth-order valence-corrected chi connectivity index (χ4v) is 0.567. The van der Waals surface area contributed by atoms with Crippen molar-refractivity contribution < 1.29 is 22.4 Å². The van der Waals surface area contributed by atoms with Crippen molar-refractivity contribution in [3.63, 3.8) is 0 Å². The molecule has 0 aliphatic carbocycles. The van der Waals surface area contributed by atoms with Gasteiger partial charge in [-0.1, -0.05) is 9.05 Å². The standard InChI is InChI=1S/C3H6F2O3P/c1-3(5)8-9(6)7-2-4/h3H,2H2,1H3/q+1. The van der Waals surface area contributed by atoms with Crippen LogP contribution in [0.3, 0.4) is 0 Å². The molecule has 0 aromatic rings. The lowest BCUT2D eigenvalue weighted by Gasteiger charge is -1.85. The molecule has 0 bridgehead atoms. The van der Waals surface area contributed by atoms with E-state index in [0.717, 1.165) is 6.92 Å². The first kappa shape index (κ1) is 8.88. The molecule has 0 saturated carbocycles. The molecular weight excluding hydrogens is 153 g/mol. The van der Waals surface area contributed by atoms with Gasteiger partial charge in [0.25, 0.3) is 6.36 Å². The molecule has 2 atom stereocenters. The summed E-state index contributed by atoms with van der Waals surface area (Å²) in [6.07, 6.45) is -1.69. The fraction of sp³-hybridized carbons (Fsp3) is 1.00. The number of alkyl halides is 2. The zero-order chi connectivity index (χ0) is 7.28. The maximum absolute atomic E-state index is 11.7. The second-order valence-corrected chi connectivity index (χ2v) is 2.03. The average molecular weight is 159 g/mol. The van der Waals surface area contributed by atoms with Crippen molar-refractivity contribution in [3.05, 3.63) is 0 Å². The Hall–Kier alpha value is -0.120. The highest BCUT2D eigenvalue weighted by Gasteiger charge is 2.23. The van der Waals surface area contributed by atoms with Gasteiger partial charge in [0.05, 0.1) is 0 Å². The van der Waals surface area contributed by atoms with Crippen LogP contribution in [0.25, 0.3) is 0 Å². The van der Waals surface area contributed by atoms with Gasteiger partial charge in [-0.3, -0.25) is 0 Å². The third kappa shape index (κ3) is 5.76. The molecule has 0 amide bonds. The minimum atomic E-state index is -2.62. The molecule has 54 valence electrons. The van der Waals surface area contributed by atoms with Gasteiger partial charge in [-0.2, -0.15) is 0 Å². The summed E-state index contributed by atoms with van der Waals surface area (Å²) in [6.45, 7) is -0.212. The Kier molecular flexibility index (Phi) is 4.67. The lowest BCUT2D eigenvalue weighted by molar-refractivity contribution is 0.0617. The van der Waals surface area contributed by atoms with Crippen LogP contribution in [0.1, 0.15) is 6.92 Å². The van der Waals surface area contributed by atoms with E-state index < -0.39 is 21.5 Å². The molecule has 0 aromatic heterocycles. The lowest BCUT2D eigenvalue weighted by Crippen LogP contribution is -1.93. The number of hydrogen-bond donors (Lipinski definition) is 0. The van der Waals surface area contributed by atoms with Crippen molar-refractivity contribution in [2.45, 2.75) is 13.3 Å². The van der Waals surface area contributed by atoms with Gasteiger partial charge in [-0.25, -0.2) is 8.78 Å². The van der Waals surface area contributed by atoms with Gasteiger partial charge in [0, 0.05) is 4.57 Å². The van der Waals surface area contributed by atoms with E-state index in [1.54, 1.807) is 0 Å².